The molecule has 3 rings (SSSR count). The zero-order valence-electron chi connectivity index (χ0n) is 16.1. The lowest BCUT2D eigenvalue weighted by molar-refractivity contribution is -0.0440. The predicted molar refractivity (Wildman–Crippen MR) is 103 cm³/mol. The normalized spacial score (nSPS) is 30.0. The van der Waals surface area contributed by atoms with Crippen molar-refractivity contribution in [1.82, 2.24) is 14.9 Å². The Bertz CT molecular complexity index is 756. The molecule has 1 aromatic carbocycles. The summed E-state index contributed by atoms with van der Waals surface area (Å²) >= 11 is 0. The molecule has 4 atom stereocenters. The minimum absolute atomic E-state index is 0.0889. The fourth-order valence-electron chi connectivity index (χ4n) is 3.69. The zero-order chi connectivity index (χ0) is 19.6. The molecule has 0 saturated carbocycles. The van der Waals surface area contributed by atoms with Crippen LogP contribution in [0.2, 0.25) is 0 Å². The molecule has 2 heterocycles. The van der Waals surface area contributed by atoms with Crippen LogP contribution in [0, 0.1) is 5.92 Å². The maximum atomic E-state index is 12.9. The minimum atomic E-state index is -3.59. The van der Waals surface area contributed by atoms with Crippen molar-refractivity contribution in [3.63, 3.8) is 0 Å². The highest BCUT2D eigenvalue weighted by molar-refractivity contribution is 7.89. The van der Waals surface area contributed by atoms with Gasteiger partial charge in [-0.05, 0) is 57.0 Å². The second-order valence-corrected chi connectivity index (χ2v) is 9.59. The van der Waals surface area contributed by atoms with Crippen LogP contribution < -0.4 is 10.6 Å². The van der Waals surface area contributed by atoms with Gasteiger partial charge in [0, 0.05) is 31.2 Å². The molecule has 4 unspecified atom stereocenters. The molecule has 2 aliphatic heterocycles. The number of amides is 1. The van der Waals surface area contributed by atoms with E-state index in [0.717, 1.165) is 19.5 Å². The summed E-state index contributed by atoms with van der Waals surface area (Å²) in [6.45, 7) is 8.26. The Balaban J connectivity index is 1.69. The fourth-order valence-corrected chi connectivity index (χ4v) is 5.28. The third-order valence-corrected chi connectivity index (χ3v) is 7.13. The average molecular weight is 396 g/mol. The van der Waals surface area contributed by atoms with Crippen LogP contribution in [0.25, 0.3) is 0 Å². The van der Waals surface area contributed by atoms with Crippen molar-refractivity contribution < 1.29 is 17.9 Å². The molecule has 27 heavy (non-hydrogen) atoms. The molecule has 0 radical (unpaired) electrons. The molecule has 0 aromatic heterocycles. The summed E-state index contributed by atoms with van der Waals surface area (Å²) in [5.74, 6) is 0.244. The molecule has 8 heteroatoms. The van der Waals surface area contributed by atoms with Gasteiger partial charge in [-0.1, -0.05) is 6.92 Å². The second kappa shape index (κ2) is 8.26. The van der Waals surface area contributed by atoms with Gasteiger partial charge in [-0.15, -0.1) is 0 Å². The first-order chi connectivity index (χ1) is 12.8. The van der Waals surface area contributed by atoms with Gasteiger partial charge >= 0.3 is 0 Å². The summed E-state index contributed by atoms with van der Waals surface area (Å²) < 4.78 is 32.8. The second-order valence-electron chi connectivity index (χ2n) is 7.65. The minimum Gasteiger partial charge on any atom is -0.373 e. The number of ether oxygens (including phenoxy) is 1. The third kappa shape index (κ3) is 4.68. The molecule has 150 valence electrons. The number of carbonyl (C=O) groups excluding carboxylic acids is 1. The summed E-state index contributed by atoms with van der Waals surface area (Å²) in [6.07, 6.45) is 0.748. The fraction of sp³-hybridized carbons (Fsp3) is 0.632. The van der Waals surface area contributed by atoms with E-state index in [1.165, 1.54) is 16.4 Å². The van der Waals surface area contributed by atoms with E-state index in [9.17, 15) is 13.2 Å². The van der Waals surface area contributed by atoms with Gasteiger partial charge in [-0.25, -0.2) is 8.42 Å². The van der Waals surface area contributed by atoms with E-state index in [-0.39, 0.29) is 29.1 Å². The van der Waals surface area contributed by atoms with Crippen LogP contribution in [0.1, 0.15) is 37.6 Å². The summed E-state index contributed by atoms with van der Waals surface area (Å²) in [5, 5.41) is 6.32. The van der Waals surface area contributed by atoms with Gasteiger partial charge in [-0.2, -0.15) is 4.31 Å². The summed E-state index contributed by atoms with van der Waals surface area (Å²) in [5.41, 5.74) is 0.468. The molecule has 2 saturated heterocycles. The molecular weight excluding hydrogens is 366 g/mol. The standard InChI is InChI=1S/C19H29N3O4S/c1-13-8-9-20-10-18(13)21-19(23)16-4-6-17(7-5-16)27(24,25)22-11-14(2)26-15(3)12-22/h4-7,13-15,18,20H,8-12H2,1-3H3,(H,21,23). The van der Waals surface area contributed by atoms with E-state index in [1.807, 2.05) is 13.8 Å². The Kier molecular flexibility index (Phi) is 6.20. The number of rotatable bonds is 4. The zero-order valence-corrected chi connectivity index (χ0v) is 17.0. The van der Waals surface area contributed by atoms with Crippen molar-refractivity contribution in [3.8, 4) is 0 Å². The van der Waals surface area contributed by atoms with Crippen molar-refractivity contribution in [3.05, 3.63) is 29.8 Å². The topological polar surface area (TPSA) is 87.7 Å². The highest BCUT2D eigenvalue weighted by Gasteiger charge is 2.32. The first-order valence-corrected chi connectivity index (χ1v) is 11.0. The van der Waals surface area contributed by atoms with E-state index in [4.69, 9.17) is 4.74 Å². The van der Waals surface area contributed by atoms with Crippen LogP contribution in [0.3, 0.4) is 0 Å². The monoisotopic (exact) mass is 395 g/mol. The van der Waals surface area contributed by atoms with Crippen molar-refractivity contribution in [1.29, 1.82) is 0 Å². The first kappa shape index (κ1) is 20.3. The SMILES string of the molecule is CC1CN(S(=O)(=O)c2ccc(C(=O)NC3CNCCC3C)cc2)CC(C)O1. The largest absolute Gasteiger partial charge is 0.373 e. The van der Waals surface area contributed by atoms with Crippen molar-refractivity contribution in [2.75, 3.05) is 26.2 Å². The maximum absolute atomic E-state index is 12.9. The third-order valence-electron chi connectivity index (χ3n) is 5.28. The molecule has 1 aromatic rings. The molecule has 1 amide bonds. The number of benzene rings is 1. The van der Waals surface area contributed by atoms with Crippen molar-refractivity contribution >= 4 is 15.9 Å². The van der Waals surface area contributed by atoms with Gasteiger partial charge < -0.3 is 15.4 Å². The van der Waals surface area contributed by atoms with Gasteiger partial charge in [0.05, 0.1) is 17.1 Å². The van der Waals surface area contributed by atoms with Crippen molar-refractivity contribution in [2.24, 2.45) is 5.92 Å². The lowest BCUT2D eigenvalue weighted by Crippen LogP contribution is -2.50. The van der Waals surface area contributed by atoms with E-state index < -0.39 is 10.0 Å². The van der Waals surface area contributed by atoms with Gasteiger partial charge in [0.2, 0.25) is 10.0 Å². The molecule has 0 aliphatic carbocycles. The Morgan fingerprint density at radius 2 is 1.78 bits per heavy atom. The van der Waals surface area contributed by atoms with Crippen LogP contribution in [-0.2, 0) is 14.8 Å². The molecular formula is C19H29N3O4S. The van der Waals surface area contributed by atoms with Crippen LogP contribution in [0.4, 0.5) is 0 Å². The molecule has 2 fully saturated rings. The molecule has 0 spiro atoms. The lowest BCUT2D eigenvalue weighted by atomic mass is 9.94. The van der Waals surface area contributed by atoms with E-state index in [2.05, 4.69) is 17.6 Å². The molecule has 0 bridgehead atoms. The van der Waals surface area contributed by atoms with Gasteiger partial charge in [0.25, 0.3) is 5.91 Å². The van der Waals surface area contributed by atoms with Crippen LogP contribution in [-0.4, -0.2) is 63.1 Å². The maximum Gasteiger partial charge on any atom is 0.251 e. The van der Waals surface area contributed by atoms with E-state index >= 15 is 0 Å². The smallest absolute Gasteiger partial charge is 0.251 e. The van der Waals surface area contributed by atoms with Crippen LogP contribution in [0.15, 0.2) is 29.2 Å². The van der Waals surface area contributed by atoms with Gasteiger partial charge in [0.1, 0.15) is 0 Å². The number of hydrogen-bond donors (Lipinski definition) is 2. The number of piperidine rings is 1. The van der Waals surface area contributed by atoms with Gasteiger partial charge in [0.15, 0.2) is 0 Å². The highest BCUT2D eigenvalue weighted by Crippen LogP contribution is 2.21. The average Bonchev–Trinajstić information content (AvgIpc) is 2.63. The van der Waals surface area contributed by atoms with E-state index in [0.29, 0.717) is 24.6 Å². The van der Waals surface area contributed by atoms with Crippen LogP contribution >= 0.6 is 0 Å². The van der Waals surface area contributed by atoms with E-state index in [1.54, 1.807) is 12.1 Å². The number of nitrogens with one attached hydrogen (secondary N) is 2. The number of morpholine rings is 1. The highest BCUT2D eigenvalue weighted by atomic mass is 32.2. The number of carbonyl (C=O) groups is 1. The molecule has 7 nitrogen and oxygen atoms in total. The molecule has 2 N–H and O–H groups in total. The summed E-state index contributed by atoms with van der Waals surface area (Å²) in [7, 11) is -3.59. The quantitative estimate of drug-likeness (QED) is 0.800. The van der Waals surface area contributed by atoms with Crippen LogP contribution in [0.5, 0.6) is 0 Å². The Morgan fingerprint density at radius 1 is 1.15 bits per heavy atom. The summed E-state index contributed by atoms with van der Waals surface area (Å²) in [4.78, 5) is 12.7. The molecule has 2 aliphatic rings. The summed E-state index contributed by atoms with van der Waals surface area (Å²) in [6, 6.07) is 6.27. The lowest BCUT2D eigenvalue weighted by Gasteiger charge is -2.34. The Hall–Kier alpha value is -1.48. The number of sulfonamides is 1. The first-order valence-electron chi connectivity index (χ1n) is 9.54. The van der Waals surface area contributed by atoms with Gasteiger partial charge in [-0.3, -0.25) is 4.79 Å². The Labute approximate surface area is 161 Å². The van der Waals surface area contributed by atoms with Crippen molar-refractivity contribution in [2.45, 2.75) is 50.3 Å². The Morgan fingerprint density at radius 3 is 2.37 bits per heavy atom. The number of nitrogens with zero attached hydrogens (tertiary/aromatic N) is 1. The predicted octanol–water partition coefficient (Wildman–Crippen LogP) is 1.21. The number of hydrogen-bond acceptors (Lipinski definition) is 5.